The Hall–Kier alpha value is -1.14. The first-order valence-electron chi connectivity index (χ1n) is 5.85. The SMILES string of the molecule is COCC(N)C(=O)N1C2CCC1C(C(=O)O)C2. The number of hydrogen-bond acceptors (Lipinski definition) is 4. The number of ether oxygens (including phenoxy) is 1. The maximum absolute atomic E-state index is 12.1. The number of carbonyl (C=O) groups is 2. The number of nitrogens with zero attached hydrogens (tertiary/aromatic N) is 1. The van der Waals surface area contributed by atoms with Crippen molar-refractivity contribution in [3.63, 3.8) is 0 Å². The molecule has 0 aromatic heterocycles. The highest BCUT2D eigenvalue weighted by atomic mass is 16.5. The zero-order valence-corrected chi connectivity index (χ0v) is 9.83. The van der Waals surface area contributed by atoms with E-state index < -0.39 is 17.9 Å². The number of carboxylic acid groups (broad SMARTS) is 1. The second-order valence-electron chi connectivity index (χ2n) is 4.79. The van der Waals surface area contributed by atoms with Gasteiger partial charge in [0.2, 0.25) is 5.91 Å². The number of nitrogens with two attached hydrogens (primary N) is 1. The summed E-state index contributed by atoms with van der Waals surface area (Å²) in [6.45, 7) is 0.173. The minimum atomic E-state index is -0.810. The van der Waals surface area contributed by atoms with E-state index in [1.807, 2.05) is 0 Å². The van der Waals surface area contributed by atoms with Crippen LogP contribution in [0.3, 0.4) is 0 Å². The second kappa shape index (κ2) is 4.62. The van der Waals surface area contributed by atoms with Gasteiger partial charge in [-0.2, -0.15) is 0 Å². The largest absolute Gasteiger partial charge is 0.481 e. The van der Waals surface area contributed by atoms with E-state index in [0.29, 0.717) is 6.42 Å². The number of methoxy groups -OCH3 is 1. The van der Waals surface area contributed by atoms with Crippen molar-refractivity contribution in [2.75, 3.05) is 13.7 Å². The lowest BCUT2D eigenvalue weighted by molar-refractivity contribution is -0.143. The molecule has 0 spiro atoms. The Labute approximate surface area is 99.7 Å². The molecule has 3 N–H and O–H groups in total. The van der Waals surface area contributed by atoms with Gasteiger partial charge in [0.15, 0.2) is 0 Å². The zero-order valence-electron chi connectivity index (χ0n) is 9.83. The van der Waals surface area contributed by atoms with Crippen LogP contribution in [0.15, 0.2) is 0 Å². The summed E-state index contributed by atoms with van der Waals surface area (Å²) in [5, 5.41) is 9.08. The van der Waals surface area contributed by atoms with Gasteiger partial charge in [-0.1, -0.05) is 0 Å². The van der Waals surface area contributed by atoms with Crippen LogP contribution in [-0.2, 0) is 14.3 Å². The molecule has 2 aliphatic rings. The standard InChI is InChI=1S/C11H18N2O4/c1-17-5-8(12)10(14)13-6-2-3-9(13)7(4-6)11(15)16/h6-9H,2-5,12H2,1H3,(H,15,16). The summed E-state index contributed by atoms with van der Waals surface area (Å²) in [7, 11) is 1.49. The van der Waals surface area contributed by atoms with E-state index in [0.717, 1.165) is 12.8 Å². The van der Waals surface area contributed by atoms with Crippen LogP contribution in [0.2, 0.25) is 0 Å². The third kappa shape index (κ3) is 2.02. The molecule has 0 aliphatic carbocycles. The van der Waals surface area contributed by atoms with Crippen molar-refractivity contribution in [3.8, 4) is 0 Å². The minimum Gasteiger partial charge on any atom is -0.481 e. The molecule has 0 aromatic carbocycles. The first-order valence-corrected chi connectivity index (χ1v) is 5.85. The van der Waals surface area contributed by atoms with Gasteiger partial charge in [0.25, 0.3) is 0 Å². The van der Waals surface area contributed by atoms with Crippen molar-refractivity contribution in [1.82, 2.24) is 4.90 Å². The Bertz CT molecular complexity index is 333. The molecule has 4 unspecified atom stereocenters. The summed E-state index contributed by atoms with van der Waals surface area (Å²) in [6, 6.07) is -0.806. The van der Waals surface area contributed by atoms with Crippen LogP contribution in [0.25, 0.3) is 0 Å². The minimum absolute atomic E-state index is 0.0523. The summed E-state index contributed by atoms with van der Waals surface area (Å²) >= 11 is 0. The lowest BCUT2D eigenvalue weighted by atomic mass is 9.89. The molecule has 4 atom stereocenters. The number of amides is 1. The fraction of sp³-hybridized carbons (Fsp3) is 0.818. The summed E-state index contributed by atoms with van der Waals surface area (Å²) in [5.41, 5.74) is 5.72. The maximum Gasteiger partial charge on any atom is 0.308 e. The van der Waals surface area contributed by atoms with Crippen molar-refractivity contribution < 1.29 is 19.4 Å². The predicted octanol–water partition coefficient (Wildman–Crippen LogP) is -0.576. The summed E-state index contributed by atoms with van der Waals surface area (Å²) in [5.74, 6) is -1.41. The summed E-state index contributed by atoms with van der Waals surface area (Å²) < 4.78 is 4.86. The molecule has 2 aliphatic heterocycles. The van der Waals surface area contributed by atoms with Crippen molar-refractivity contribution in [2.24, 2.45) is 11.7 Å². The van der Waals surface area contributed by atoms with Crippen molar-refractivity contribution >= 4 is 11.9 Å². The fourth-order valence-corrected chi connectivity index (χ4v) is 3.04. The van der Waals surface area contributed by atoms with Crippen molar-refractivity contribution in [1.29, 1.82) is 0 Å². The van der Waals surface area contributed by atoms with Gasteiger partial charge in [-0.05, 0) is 19.3 Å². The molecule has 2 saturated heterocycles. The summed E-state index contributed by atoms with van der Waals surface area (Å²) in [4.78, 5) is 24.8. The Morgan fingerprint density at radius 2 is 2.24 bits per heavy atom. The highest BCUT2D eigenvalue weighted by Crippen LogP contribution is 2.41. The van der Waals surface area contributed by atoms with Crippen LogP contribution in [-0.4, -0.2) is 53.7 Å². The first kappa shape index (κ1) is 12.3. The van der Waals surface area contributed by atoms with Crippen LogP contribution in [0, 0.1) is 5.92 Å². The number of hydrogen-bond donors (Lipinski definition) is 2. The van der Waals surface area contributed by atoms with E-state index in [-0.39, 0.29) is 24.6 Å². The van der Waals surface area contributed by atoms with Gasteiger partial charge in [-0.25, -0.2) is 0 Å². The van der Waals surface area contributed by atoms with E-state index in [9.17, 15) is 9.59 Å². The van der Waals surface area contributed by atoms with Gasteiger partial charge in [0.05, 0.1) is 12.5 Å². The third-order valence-corrected chi connectivity index (χ3v) is 3.77. The molecule has 0 saturated carbocycles. The van der Waals surface area contributed by atoms with E-state index >= 15 is 0 Å². The molecule has 2 bridgehead atoms. The van der Waals surface area contributed by atoms with Crippen molar-refractivity contribution in [2.45, 2.75) is 37.4 Å². The zero-order chi connectivity index (χ0) is 12.6. The van der Waals surface area contributed by atoms with E-state index in [2.05, 4.69) is 0 Å². The van der Waals surface area contributed by atoms with Crippen LogP contribution in [0.5, 0.6) is 0 Å². The van der Waals surface area contributed by atoms with Gasteiger partial charge in [0, 0.05) is 19.2 Å². The molecule has 96 valence electrons. The maximum atomic E-state index is 12.1. The lowest BCUT2D eigenvalue weighted by Crippen LogP contribution is -2.49. The molecule has 6 nitrogen and oxygen atoms in total. The molecule has 2 heterocycles. The van der Waals surface area contributed by atoms with E-state index in [1.165, 1.54) is 7.11 Å². The topological polar surface area (TPSA) is 92.9 Å². The molecule has 6 heteroatoms. The number of carboxylic acids is 1. The average molecular weight is 242 g/mol. The smallest absolute Gasteiger partial charge is 0.308 e. The van der Waals surface area contributed by atoms with E-state index in [4.69, 9.17) is 15.6 Å². The monoisotopic (exact) mass is 242 g/mol. The Morgan fingerprint density at radius 1 is 1.53 bits per heavy atom. The molecular weight excluding hydrogens is 224 g/mol. The molecule has 17 heavy (non-hydrogen) atoms. The number of carbonyl (C=O) groups excluding carboxylic acids is 1. The predicted molar refractivity (Wildman–Crippen MR) is 59.3 cm³/mol. The average Bonchev–Trinajstić information content (AvgIpc) is 2.85. The molecular formula is C11H18N2O4. The van der Waals surface area contributed by atoms with Crippen LogP contribution < -0.4 is 5.73 Å². The van der Waals surface area contributed by atoms with Crippen LogP contribution >= 0.6 is 0 Å². The molecule has 0 aromatic rings. The number of rotatable bonds is 4. The molecule has 2 fully saturated rings. The van der Waals surface area contributed by atoms with Gasteiger partial charge in [-0.3, -0.25) is 9.59 Å². The number of aliphatic carboxylic acids is 1. The first-order chi connectivity index (χ1) is 8.06. The fourth-order valence-electron chi connectivity index (χ4n) is 3.04. The Balaban J connectivity index is 2.08. The highest BCUT2D eigenvalue weighted by Gasteiger charge is 2.51. The normalized spacial score (nSPS) is 32.8. The van der Waals surface area contributed by atoms with Gasteiger partial charge in [0.1, 0.15) is 6.04 Å². The van der Waals surface area contributed by atoms with Gasteiger partial charge >= 0.3 is 5.97 Å². The quantitative estimate of drug-likeness (QED) is 0.688. The highest BCUT2D eigenvalue weighted by molar-refractivity contribution is 5.84. The third-order valence-electron chi connectivity index (χ3n) is 3.77. The molecule has 1 amide bonds. The Morgan fingerprint density at radius 3 is 2.76 bits per heavy atom. The van der Waals surface area contributed by atoms with Gasteiger partial charge < -0.3 is 20.5 Å². The van der Waals surface area contributed by atoms with Gasteiger partial charge in [-0.15, -0.1) is 0 Å². The van der Waals surface area contributed by atoms with Crippen molar-refractivity contribution in [3.05, 3.63) is 0 Å². The molecule has 0 radical (unpaired) electrons. The second-order valence-corrected chi connectivity index (χ2v) is 4.79. The van der Waals surface area contributed by atoms with Crippen LogP contribution in [0.1, 0.15) is 19.3 Å². The lowest BCUT2D eigenvalue weighted by Gasteiger charge is -2.25. The van der Waals surface area contributed by atoms with Crippen LogP contribution in [0.4, 0.5) is 0 Å². The van der Waals surface area contributed by atoms with E-state index in [1.54, 1.807) is 4.90 Å². The molecule has 2 rings (SSSR count). The Kier molecular flexibility index (Phi) is 3.35. The summed E-state index contributed by atoms with van der Waals surface area (Å²) in [6.07, 6.45) is 2.22. The number of fused-ring (bicyclic) bond motifs is 2.